The van der Waals surface area contributed by atoms with Gasteiger partial charge in [0.05, 0.1) is 24.2 Å². The number of aromatic nitrogens is 2. The van der Waals surface area contributed by atoms with E-state index in [1.807, 2.05) is 52.1 Å². The molecule has 1 aromatic carbocycles. The van der Waals surface area contributed by atoms with Crippen LogP contribution in [0, 0.1) is 13.8 Å². The number of nitrogens with one attached hydrogen (secondary N) is 1. The van der Waals surface area contributed by atoms with Gasteiger partial charge in [-0.15, -0.1) is 0 Å². The monoisotopic (exact) mass is 329 g/mol. The first kappa shape index (κ1) is 17.6. The highest BCUT2D eigenvalue weighted by Crippen LogP contribution is 2.28. The third-order valence-electron chi connectivity index (χ3n) is 3.68. The van der Waals surface area contributed by atoms with Crippen molar-refractivity contribution in [2.24, 2.45) is 7.05 Å². The van der Waals surface area contributed by atoms with Crippen LogP contribution < -0.4 is 14.8 Å². The Morgan fingerprint density at radius 3 is 2.67 bits per heavy atom. The predicted molar refractivity (Wildman–Crippen MR) is 94.5 cm³/mol. The molecule has 0 radical (unpaired) electrons. The highest BCUT2D eigenvalue weighted by Gasteiger charge is 2.14. The Balaban J connectivity index is 2.03. The largest absolute Gasteiger partial charge is 0.493 e. The molecule has 6 heteroatoms. The minimum Gasteiger partial charge on any atom is -0.493 e. The number of allylic oxidation sites excluding steroid dienone is 1. The summed E-state index contributed by atoms with van der Waals surface area (Å²) in [6.07, 6.45) is 3.91. The van der Waals surface area contributed by atoms with E-state index in [1.54, 1.807) is 17.9 Å². The van der Waals surface area contributed by atoms with Gasteiger partial charge >= 0.3 is 0 Å². The van der Waals surface area contributed by atoms with Crippen LogP contribution in [-0.4, -0.2) is 29.4 Å². The van der Waals surface area contributed by atoms with Crippen molar-refractivity contribution < 1.29 is 14.3 Å². The summed E-state index contributed by atoms with van der Waals surface area (Å²) in [5, 5.41) is 7.11. The molecule has 0 atom stereocenters. The molecule has 0 fully saturated rings. The number of rotatable bonds is 6. The number of aryl methyl sites for hydroxylation is 2. The summed E-state index contributed by atoms with van der Waals surface area (Å²) in [5.41, 5.74) is 3.40. The van der Waals surface area contributed by atoms with Crippen molar-refractivity contribution in [3.05, 3.63) is 41.2 Å². The third kappa shape index (κ3) is 3.95. The van der Waals surface area contributed by atoms with E-state index in [-0.39, 0.29) is 12.5 Å². The number of hydrogen-bond donors (Lipinski definition) is 1. The molecule has 1 heterocycles. The van der Waals surface area contributed by atoms with Gasteiger partial charge in [-0.05, 0) is 38.5 Å². The molecule has 0 aliphatic heterocycles. The number of carbonyl (C=O) groups is 1. The maximum atomic E-state index is 12.1. The van der Waals surface area contributed by atoms with E-state index in [2.05, 4.69) is 10.4 Å². The lowest BCUT2D eigenvalue weighted by Gasteiger charge is -2.11. The fourth-order valence-electron chi connectivity index (χ4n) is 2.37. The number of benzene rings is 1. The highest BCUT2D eigenvalue weighted by molar-refractivity contribution is 5.93. The average molecular weight is 329 g/mol. The Kier molecular flexibility index (Phi) is 5.63. The molecule has 0 unspecified atom stereocenters. The van der Waals surface area contributed by atoms with Crippen LogP contribution in [-0.2, 0) is 11.8 Å². The lowest BCUT2D eigenvalue weighted by Crippen LogP contribution is -2.21. The molecule has 2 aromatic rings. The molecule has 0 aliphatic carbocycles. The van der Waals surface area contributed by atoms with E-state index in [1.165, 1.54) is 0 Å². The fraction of sp³-hybridized carbons (Fsp3) is 0.333. The first-order chi connectivity index (χ1) is 11.5. The van der Waals surface area contributed by atoms with Crippen LogP contribution in [0.4, 0.5) is 5.69 Å². The maximum Gasteiger partial charge on any atom is 0.262 e. The Bertz CT molecular complexity index is 763. The second-order valence-electron chi connectivity index (χ2n) is 5.42. The zero-order valence-electron chi connectivity index (χ0n) is 14.7. The van der Waals surface area contributed by atoms with E-state index >= 15 is 0 Å². The minimum atomic E-state index is -0.242. The summed E-state index contributed by atoms with van der Waals surface area (Å²) in [6, 6.07) is 5.57. The fourth-order valence-corrected chi connectivity index (χ4v) is 2.37. The molecule has 1 amide bonds. The van der Waals surface area contributed by atoms with E-state index in [0.717, 1.165) is 22.6 Å². The average Bonchev–Trinajstić information content (AvgIpc) is 2.80. The Morgan fingerprint density at radius 2 is 2.08 bits per heavy atom. The number of carbonyl (C=O) groups excluding carboxylic acids is 1. The van der Waals surface area contributed by atoms with E-state index in [9.17, 15) is 4.79 Å². The van der Waals surface area contributed by atoms with Gasteiger partial charge in [-0.2, -0.15) is 5.10 Å². The number of methoxy groups -OCH3 is 1. The molecule has 0 aliphatic rings. The molecular formula is C18H23N3O3. The van der Waals surface area contributed by atoms with Crippen molar-refractivity contribution in [1.29, 1.82) is 0 Å². The van der Waals surface area contributed by atoms with Crippen molar-refractivity contribution >= 4 is 17.7 Å². The number of amides is 1. The molecule has 24 heavy (non-hydrogen) atoms. The molecular weight excluding hydrogens is 306 g/mol. The zero-order valence-corrected chi connectivity index (χ0v) is 14.7. The quantitative estimate of drug-likeness (QED) is 0.884. The van der Waals surface area contributed by atoms with Crippen LogP contribution in [0.1, 0.15) is 23.9 Å². The lowest BCUT2D eigenvalue weighted by atomic mass is 10.2. The van der Waals surface area contributed by atoms with Crippen molar-refractivity contribution in [3.8, 4) is 11.5 Å². The van der Waals surface area contributed by atoms with Gasteiger partial charge in [0.25, 0.3) is 5.91 Å². The Morgan fingerprint density at radius 1 is 1.33 bits per heavy atom. The highest BCUT2D eigenvalue weighted by atomic mass is 16.5. The van der Waals surface area contributed by atoms with Crippen LogP contribution in [0.25, 0.3) is 6.08 Å². The topological polar surface area (TPSA) is 65.4 Å². The maximum absolute atomic E-state index is 12.1. The van der Waals surface area contributed by atoms with Gasteiger partial charge in [0.1, 0.15) is 0 Å². The van der Waals surface area contributed by atoms with Gasteiger partial charge < -0.3 is 14.8 Å². The van der Waals surface area contributed by atoms with Crippen molar-refractivity contribution in [3.63, 3.8) is 0 Å². The summed E-state index contributed by atoms with van der Waals surface area (Å²) in [4.78, 5) is 12.1. The third-order valence-corrected chi connectivity index (χ3v) is 3.68. The standard InChI is InChI=1S/C18H23N3O3/c1-6-7-14-8-9-15(16(10-14)23-5)24-11-17(22)19-18-12(2)20-21(4)13(18)3/h6-10H,11H2,1-5H3,(H,19,22)/b7-6+. The number of ether oxygens (including phenoxy) is 2. The molecule has 1 aromatic heterocycles. The van der Waals surface area contributed by atoms with E-state index in [0.29, 0.717) is 11.5 Å². The Hall–Kier alpha value is -2.76. The van der Waals surface area contributed by atoms with Gasteiger partial charge in [0, 0.05) is 7.05 Å². The van der Waals surface area contributed by atoms with Crippen LogP contribution in [0.5, 0.6) is 11.5 Å². The van der Waals surface area contributed by atoms with Crippen LogP contribution in [0.2, 0.25) is 0 Å². The molecule has 6 nitrogen and oxygen atoms in total. The molecule has 128 valence electrons. The molecule has 1 N–H and O–H groups in total. The molecule has 0 saturated carbocycles. The summed E-state index contributed by atoms with van der Waals surface area (Å²) in [5.74, 6) is 0.876. The van der Waals surface area contributed by atoms with E-state index < -0.39 is 0 Å². The van der Waals surface area contributed by atoms with Crippen LogP contribution >= 0.6 is 0 Å². The number of nitrogens with zero attached hydrogens (tertiary/aromatic N) is 2. The molecule has 2 rings (SSSR count). The van der Waals surface area contributed by atoms with Crippen LogP contribution in [0.15, 0.2) is 24.3 Å². The summed E-state index contributed by atoms with van der Waals surface area (Å²) >= 11 is 0. The second-order valence-corrected chi connectivity index (χ2v) is 5.42. The SMILES string of the molecule is C/C=C/c1ccc(OCC(=O)Nc2c(C)nn(C)c2C)c(OC)c1. The first-order valence-corrected chi connectivity index (χ1v) is 7.69. The number of hydrogen-bond acceptors (Lipinski definition) is 4. The van der Waals surface area contributed by atoms with Gasteiger partial charge in [-0.25, -0.2) is 0 Å². The van der Waals surface area contributed by atoms with Crippen LogP contribution in [0.3, 0.4) is 0 Å². The van der Waals surface area contributed by atoms with Crippen molar-refractivity contribution in [2.45, 2.75) is 20.8 Å². The first-order valence-electron chi connectivity index (χ1n) is 7.69. The second kappa shape index (κ2) is 7.68. The van der Waals surface area contributed by atoms with Gasteiger partial charge in [-0.1, -0.05) is 18.2 Å². The van der Waals surface area contributed by atoms with Gasteiger partial charge in [0.15, 0.2) is 18.1 Å². The Labute approximate surface area is 142 Å². The normalized spacial score (nSPS) is 10.9. The smallest absolute Gasteiger partial charge is 0.262 e. The molecule has 0 bridgehead atoms. The zero-order chi connectivity index (χ0) is 17.7. The van der Waals surface area contributed by atoms with Crippen molar-refractivity contribution in [2.75, 3.05) is 19.0 Å². The predicted octanol–water partition coefficient (Wildman–Crippen LogP) is 3.10. The van der Waals surface area contributed by atoms with Gasteiger partial charge in [0.2, 0.25) is 0 Å². The van der Waals surface area contributed by atoms with E-state index in [4.69, 9.17) is 9.47 Å². The lowest BCUT2D eigenvalue weighted by molar-refractivity contribution is -0.118. The summed E-state index contributed by atoms with van der Waals surface area (Å²) in [7, 11) is 3.41. The minimum absolute atomic E-state index is 0.104. The van der Waals surface area contributed by atoms with Crippen molar-refractivity contribution in [1.82, 2.24) is 9.78 Å². The summed E-state index contributed by atoms with van der Waals surface area (Å²) in [6.45, 7) is 5.60. The molecule has 0 saturated heterocycles. The molecule has 0 spiro atoms. The number of anilines is 1. The summed E-state index contributed by atoms with van der Waals surface area (Å²) < 4.78 is 12.6. The van der Waals surface area contributed by atoms with Gasteiger partial charge in [-0.3, -0.25) is 9.48 Å².